The van der Waals surface area contributed by atoms with Gasteiger partial charge in [0, 0.05) is 19.0 Å². The Morgan fingerprint density at radius 1 is 1.32 bits per heavy atom. The standard InChI is InChI=1S/C14H20N4O/c1-9-5-3-4-6-10(9)11-7-18(2)8-12(11)13(19)17-14(15)16/h3-6,11-12H,7-8H2,1-2H3,(H4,15,16,17,19)/t11-,12+/m0/s1. The highest BCUT2D eigenvalue weighted by Gasteiger charge is 2.37. The summed E-state index contributed by atoms with van der Waals surface area (Å²) in [7, 11) is 2.01. The molecule has 1 aliphatic rings. The topological polar surface area (TPSA) is 84.7 Å². The third-order valence-corrected chi connectivity index (χ3v) is 3.65. The van der Waals surface area contributed by atoms with Gasteiger partial charge in [-0.3, -0.25) is 4.79 Å². The monoisotopic (exact) mass is 260 g/mol. The van der Waals surface area contributed by atoms with Crippen molar-refractivity contribution in [1.29, 1.82) is 0 Å². The van der Waals surface area contributed by atoms with E-state index in [9.17, 15) is 4.79 Å². The third kappa shape index (κ3) is 2.93. The Kier molecular flexibility index (Phi) is 3.85. The van der Waals surface area contributed by atoms with Gasteiger partial charge in [-0.05, 0) is 25.1 Å². The minimum absolute atomic E-state index is 0.154. The van der Waals surface area contributed by atoms with Gasteiger partial charge in [-0.25, -0.2) is 0 Å². The second-order valence-corrected chi connectivity index (χ2v) is 5.17. The Morgan fingerprint density at radius 2 is 2.00 bits per heavy atom. The van der Waals surface area contributed by atoms with E-state index >= 15 is 0 Å². The van der Waals surface area contributed by atoms with Crippen LogP contribution in [-0.4, -0.2) is 36.9 Å². The highest BCUT2D eigenvalue weighted by atomic mass is 16.1. The number of benzene rings is 1. The number of likely N-dealkylation sites (tertiary alicyclic amines) is 1. The van der Waals surface area contributed by atoms with E-state index in [-0.39, 0.29) is 23.7 Å². The van der Waals surface area contributed by atoms with Crippen LogP contribution in [0, 0.1) is 12.8 Å². The predicted octanol–water partition coefficient (Wildman–Crippen LogP) is 0.440. The number of carbonyl (C=O) groups is 1. The Labute approximate surface area is 113 Å². The van der Waals surface area contributed by atoms with Crippen LogP contribution in [0.2, 0.25) is 0 Å². The number of hydrogen-bond donors (Lipinski definition) is 2. The van der Waals surface area contributed by atoms with Gasteiger partial charge in [0.1, 0.15) is 0 Å². The third-order valence-electron chi connectivity index (χ3n) is 3.65. The lowest BCUT2D eigenvalue weighted by molar-refractivity contribution is -0.121. The minimum atomic E-state index is -0.224. The van der Waals surface area contributed by atoms with Crippen LogP contribution in [-0.2, 0) is 4.79 Å². The van der Waals surface area contributed by atoms with Crippen LogP contribution in [0.25, 0.3) is 0 Å². The number of aryl methyl sites for hydroxylation is 1. The molecule has 0 bridgehead atoms. The van der Waals surface area contributed by atoms with E-state index in [2.05, 4.69) is 28.9 Å². The molecule has 4 N–H and O–H groups in total. The quantitative estimate of drug-likeness (QED) is 0.597. The zero-order valence-electron chi connectivity index (χ0n) is 11.3. The van der Waals surface area contributed by atoms with Crippen LogP contribution in [0.3, 0.4) is 0 Å². The number of amides is 1. The van der Waals surface area contributed by atoms with Gasteiger partial charge in [0.2, 0.25) is 0 Å². The normalized spacial score (nSPS) is 23.3. The second kappa shape index (κ2) is 5.40. The van der Waals surface area contributed by atoms with Gasteiger partial charge in [0.05, 0.1) is 5.92 Å². The molecule has 1 saturated heterocycles. The molecule has 0 spiro atoms. The molecule has 0 unspecified atom stereocenters. The van der Waals surface area contributed by atoms with Crippen molar-refractivity contribution in [3.63, 3.8) is 0 Å². The fourth-order valence-electron chi connectivity index (χ4n) is 2.78. The maximum absolute atomic E-state index is 12.1. The zero-order valence-corrected chi connectivity index (χ0v) is 11.3. The van der Waals surface area contributed by atoms with Gasteiger partial charge in [-0.1, -0.05) is 24.3 Å². The fourth-order valence-corrected chi connectivity index (χ4v) is 2.78. The van der Waals surface area contributed by atoms with Gasteiger partial charge in [0.25, 0.3) is 5.91 Å². The van der Waals surface area contributed by atoms with Crippen LogP contribution in [0.5, 0.6) is 0 Å². The summed E-state index contributed by atoms with van der Waals surface area (Å²) in [6.07, 6.45) is 0. The zero-order chi connectivity index (χ0) is 14.0. The largest absolute Gasteiger partial charge is 0.370 e. The first-order valence-electron chi connectivity index (χ1n) is 6.36. The van der Waals surface area contributed by atoms with Crippen LogP contribution in [0.15, 0.2) is 29.3 Å². The molecule has 102 valence electrons. The maximum atomic E-state index is 12.1. The van der Waals surface area contributed by atoms with Gasteiger partial charge >= 0.3 is 0 Å². The van der Waals surface area contributed by atoms with Crippen LogP contribution in [0.1, 0.15) is 17.0 Å². The second-order valence-electron chi connectivity index (χ2n) is 5.17. The van der Waals surface area contributed by atoms with Crippen molar-refractivity contribution < 1.29 is 4.79 Å². The molecule has 5 heteroatoms. The van der Waals surface area contributed by atoms with Crippen molar-refractivity contribution in [3.05, 3.63) is 35.4 Å². The molecule has 1 aliphatic heterocycles. The molecular weight excluding hydrogens is 240 g/mol. The highest BCUT2D eigenvalue weighted by Crippen LogP contribution is 2.34. The lowest BCUT2D eigenvalue weighted by Gasteiger charge is -2.18. The Morgan fingerprint density at radius 3 is 2.63 bits per heavy atom. The number of likely N-dealkylation sites (N-methyl/N-ethyl adjacent to an activating group) is 1. The summed E-state index contributed by atoms with van der Waals surface area (Å²) < 4.78 is 0. The molecule has 1 fully saturated rings. The number of aliphatic imine (C=N–C) groups is 1. The molecule has 2 atom stereocenters. The van der Waals surface area contributed by atoms with E-state index in [0.29, 0.717) is 6.54 Å². The fraction of sp³-hybridized carbons (Fsp3) is 0.429. The van der Waals surface area contributed by atoms with Crippen molar-refractivity contribution in [3.8, 4) is 0 Å². The van der Waals surface area contributed by atoms with Crippen molar-refractivity contribution in [2.75, 3.05) is 20.1 Å². The summed E-state index contributed by atoms with van der Waals surface area (Å²) in [4.78, 5) is 18.0. The first kappa shape index (κ1) is 13.5. The molecule has 0 saturated carbocycles. The average Bonchev–Trinajstić information content (AvgIpc) is 2.71. The molecule has 1 amide bonds. The minimum Gasteiger partial charge on any atom is -0.370 e. The summed E-state index contributed by atoms with van der Waals surface area (Å²) in [6.45, 7) is 3.60. The Bertz CT molecular complexity index is 508. The SMILES string of the molecule is Cc1ccccc1[C@@H]1CN(C)C[C@H]1C(=O)N=C(N)N. The number of rotatable bonds is 2. The van der Waals surface area contributed by atoms with E-state index in [1.165, 1.54) is 11.1 Å². The van der Waals surface area contributed by atoms with E-state index < -0.39 is 0 Å². The van der Waals surface area contributed by atoms with Crippen molar-refractivity contribution >= 4 is 11.9 Å². The first-order chi connectivity index (χ1) is 8.99. The van der Waals surface area contributed by atoms with Crippen molar-refractivity contribution in [2.45, 2.75) is 12.8 Å². The summed E-state index contributed by atoms with van der Waals surface area (Å²) in [5.74, 6) is -0.407. The van der Waals surface area contributed by atoms with Crippen molar-refractivity contribution in [1.82, 2.24) is 4.90 Å². The molecule has 0 aromatic heterocycles. The summed E-state index contributed by atoms with van der Waals surface area (Å²) in [5.41, 5.74) is 13.0. The molecule has 1 heterocycles. The number of hydrogen-bond acceptors (Lipinski definition) is 2. The maximum Gasteiger partial charge on any atom is 0.253 e. The van der Waals surface area contributed by atoms with Gasteiger partial charge in [-0.2, -0.15) is 4.99 Å². The highest BCUT2D eigenvalue weighted by molar-refractivity contribution is 5.93. The van der Waals surface area contributed by atoms with Crippen LogP contribution >= 0.6 is 0 Å². The first-order valence-corrected chi connectivity index (χ1v) is 6.36. The van der Waals surface area contributed by atoms with E-state index in [1.807, 2.05) is 19.2 Å². The number of nitrogens with two attached hydrogens (primary N) is 2. The van der Waals surface area contributed by atoms with Gasteiger partial charge < -0.3 is 16.4 Å². The molecule has 5 nitrogen and oxygen atoms in total. The molecule has 2 rings (SSSR count). The van der Waals surface area contributed by atoms with E-state index in [4.69, 9.17) is 11.5 Å². The van der Waals surface area contributed by atoms with Gasteiger partial charge in [-0.15, -0.1) is 0 Å². The van der Waals surface area contributed by atoms with E-state index in [0.717, 1.165) is 6.54 Å². The molecule has 0 radical (unpaired) electrons. The Hall–Kier alpha value is -1.88. The Balaban J connectivity index is 2.31. The molecule has 19 heavy (non-hydrogen) atoms. The summed E-state index contributed by atoms with van der Waals surface area (Å²) in [5, 5.41) is 0. The molecular formula is C14H20N4O. The average molecular weight is 260 g/mol. The summed E-state index contributed by atoms with van der Waals surface area (Å²) >= 11 is 0. The lowest BCUT2D eigenvalue weighted by atomic mass is 9.86. The van der Waals surface area contributed by atoms with E-state index in [1.54, 1.807) is 0 Å². The lowest BCUT2D eigenvalue weighted by Crippen LogP contribution is -2.28. The van der Waals surface area contributed by atoms with Crippen LogP contribution < -0.4 is 11.5 Å². The number of guanidine groups is 1. The smallest absolute Gasteiger partial charge is 0.253 e. The van der Waals surface area contributed by atoms with Gasteiger partial charge in [0.15, 0.2) is 5.96 Å². The number of nitrogens with zero attached hydrogens (tertiary/aromatic N) is 2. The van der Waals surface area contributed by atoms with Crippen molar-refractivity contribution in [2.24, 2.45) is 22.4 Å². The summed E-state index contributed by atoms with van der Waals surface area (Å²) in [6, 6.07) is 8.15. The predicted molar refractivity (Wildman–Crippen MR) is 75.7 cm³/mol. The molecule has 0 aliphatic carbocycles. The van der Waals surface area contributed by atoms with Crippen LogP contribution in [0.4, 0.5) is 0 Å². The molecule has 1 aromatic rings. The number of carbonyl (C=O) groups excluding carboxylic acids is 1. The molecule has 1 aromatic carbocycles.